The van der Waals surface area contributed by atoms with Gasteiger partial charge in [0.25, 0.3) is 0 Å². The Hall–Kier alpha value is -5.88. The Kier molecular flexibility index (Phi) is 21.0. The van der Waals surface area contributed by atoms with Gasteiger partial charge in [0, 0.05) is 118 Å². The quantitative estimate of drug-likeness (QED) is 0.106. The van der Waals surface area contributed by atoms with E-state index in [4.69, 9.17) is 5.73 Å². The maximum Gasteiger partial charge on any atom is 0.337 e. The number of piperazine rings is 2. The summed E-state index contributed by atoms with van der Waals surface area (Å²) in [4.78, 5) is 66.8. The fourth-order valence-corrected chi connectivity index (χ4v) is 13.8. The Labute approximate surface area is 471 Å². The monoisotopic (exact) mass is 1150 g/mol. The highest BCUT2D eigenvalue weighted by atomic mass is 32.2. The van der Waals surface area contributed by atoms with Gasteiger partial charge in [0.15, 0.2) is 25.5 Å². The molecular weight excluding hydrogens is 1070 g/mol. The minimum atomic E-state index is -3.18. The fourth-order valence-electron chi connectivity index (χ4n) is 11.4. The maximum absolute atomic E-state index is 15.0. The van der Waals surface area contributed by atoms with Gasteiger partial charge in [-0.3, -0.25) is 34.2 Å². The number of likely N-dealkylation sites (N-methyl/N-ethyl adjacent to an activating group) is 2. The van der Waals surface area contributed by atoms with Gasteiger partial charge < -0.3 is 20.3 Å². The normalized spacial score (nSPS) is 21.7. The molecule has 4 atom stereocenters. The van der Waals surface area contributed by atoms with Crippen molar-refractivity contribution in [3.05, 3.63) is 130 Å². The molecule has 0 aliphatic carbocycles. The first-order chi connectivity index (χ1) is 38.0. The number of hydrogen-bond donors (Lipinski definition) is 1. The molecule has 436 valence electrons. The first-order valence-corrected chi connectivity index (χ1v) is 31.2. The lowest BCUT2D eigenvalue weighted by atomic mass is 10.1. The lowest BCUT2D eigenvalue weighted by molar-refractivity contribution is 0.0391. The Balaban J connectivity index is 0.000000231. The lowest BCUT2D eigenvalue weighted by Gasteiger charge is -2.44. The maximum atomic E-state index is 15.0. The number of amides is 4. The second-order valence-electron chi connectivity index (χ2n) is 21.5. The van der Waals surface area contributed by atoms with Gasteiger partial charge in [0.05, 0.1) is 55.3 Å². The second kappa shape index (κ2) is 27.3. The van der Waals surface area contributed by atoms with Crippen LogP contribution in [0, 0.1) is 11.6 Å². The molecule has 4 saturated heterocycles. The first-order valence-electron chi connectivity index (χ1n) is 27.6. The summed E-state index contributed by atoms with van der Waals surface area (Å²) in [5, 5.41) is 0. The SMILES string of the molecule is CCN1[C@H](C)CN(Cc2ccc(N(Cc3ccc(C(=O)CN)cc3F)C(=O)N3CCS(=O)(=O)CC3)cc2)C[C@@H]1C.CCN1[C@H](C)CN(Cc2ccc(N(Cc3ccc(C(=O)OC)cc3F)C(=O)N3CCS(=O)(=O)CC3)cc2)C[C@@H]1C. The molecule has 0 aromatic heterocycles. The van der Waals surface area contributed by atoms with Gasteiger partial charge >= 0.3 is 18.0 Å². The number of esters is 1. The topological polar surface area (TPSA) is 198 Å². The summed E-state index contributed by atoms with van der Waals surface area (Å²) < 4.78 is 82.5. The third-order valence-corrected chi connectivity index (χ3v) is 19.0. The fraction of sp³-hybridized carbons (Fsp3) is 0.517. The molecule has 0 spiro atoms. The van der Waals surface area contributed by atoms with Crippen LogP contribution in [0.15, 0.2) is 84.9 Å². The van der Waals surface area contributed by atoms with Crippen LogP contribution in [0.1, 0.15) is 84.5 Å². The van der Waals surface area contributed by atoms with E-state index in [2.05, 4.69) is 65.9 Å². The van der Waals surface area contributed by atoms with Crippen molar-refractivity contribution < 1.29 is 49.5 Å². The Bertz CT molecular complexity index is 2790. The van der Waals surface area contributed by atoms with Crippen molar-refractivity contribution in [2.75, 3.05) is 112 Å². The van der Waals surface area contributed by atoms with Gasteiger partial charge in [0.2, 0.25) is 0 Å². The highest BCUT2D eigenvalue weighted by molar-refractivity contribution is 7.91. The van der Waals surface area contributed by atoms with Gasteiger partial charge in [-0.05, 0) is 94.4 Å². The van der Waals surface area contributed by atoms with Gasteiger partial charge in [0.1, 0.15) is 11.6 Å². The Morgan fingerprint density at radius 2 is 0.912 bits per heavy atom. The first kappa shape index (κ1) is 61.7. The largest absolute Gasteiger partial charge is 0.465 e. The Morgan fingerprint density at radius 3 is 1.24 bits per heavy atom. The Morgan fingerprint density at radius 1 is 0.562 bits per heavy atom. The molecule has 8 rings (SSSR count). The zero-order valence-electron chi connectivity index (χ0n) is 47.2. The minimum absolute atomic E-state index is 0.0711. The third kappa shape index (κ3) is 15.8. The van der Waals surface area contributed by atoms with Crippen LogP contribution in [0.25, 0.3) is 0 Å². The van der Waals surface area contributed by atoms with Crippen molar-refractivity contribution in [2.45, 2.75) is 91.9 Å². The molecule has 4 amide bonds. The number of halogens is 2. The van der Waals surface area contributed by atoms with Gasteiger partial charge in [-0.2, -0.15) is 0 Å². The number of rotatable bonds is 15. The smallest absolute Gasteiger partial charge is 0.337 e. The molecule has 4 fully saturated rings. The van der Waals surface area contributed by atoms with Gasteiger partial charge in [-0.25, -0.2) is 40.0 Å². The predicted molar refractivity (Wildman–Crippen MR) is 307 cm³/mol. The van der Waals surface area contributed by atoms with E-state index >= 15 is 8.78 Å². The molecule has 4 aliphatic heterocycles. The molecule has 18 nitrogen and oxygen atoms in total. The molecule has 22 heteroatoms. The van der Waals surface area contributed by atoms with E-state index in [1.165, 1.54) is 51.0 Å². The molecule has 80 heavy (non-hydrogen) atoms. The molecule has 0 radical (unpaired) electrons. The van der Waals surface area contributed by atoms with Crippen molar-refractivity contribution in [1.29, 1.82) is 0 Å². The van der Waals surface area contributed by atoms with Crippen LogP contribution < -0.4 is 15.5 Å². The minimum Gasteiger partial charge on any atom is -0.465 e. The summed E-state index contributed by atoms with van der Waals surface area (Å²) in [6.07, 6.45) is 0. The number of benzene rings is 4. The number of Topliss-reactive ketones (excluding diaryl/α,β-unsaturated/α-hetero) is 1. The molecule has 0 bridgehead atoms. The average Bonchev–Trinajstić information content (AvgIpc) is 3.42. The van der Waals surface area contributed by atoms with Crippen LogP contribution >= 0.6 is 0 Å². The van der Waals surface area contributed by atoms with Crippen LogP contribution in [0.3, 0.4) is 0 Å². The van der Waals surface area contributed by atoms with Gasteiger partial charge in [-0.15, -0.1) is 0 Å². The number of hydrogen-bond acceptors (Lipinski definition) is 14. The zero-order valence-corrected chi connectivity index (χ0v) is 48.9. The second-order valence-corrected chi connectivity index (χ2v) is 26.1. The molecule has 4 aromatic rings. The van der Waals surface area contributed by atoms with Crippen LogP contribution in [0.5, 0.6) is 0 Å². The molecule has 2 N–H and O–H groups in total. The summed E-state index contributed by atoms with van der Waals surface area (Å²) in [5.74, 6) is -2.66. The number of carbonyl (C=O) groups is 4. The van der Waals surface area contributed by atoms with E-state index in [9.17, 15) is 36.0 Å². The average molecular weight is 1150 g/mol. The van der Waals surface area contributed by atoms with Crippen molar-refractivity contribution in [3.8, 4) is 0 Å². The van der Waals surface area contributed by atoms with E-state index in [0.29, 0.717) is 35.5 Å². The zero-order chi connectivity index (χ0) is 58.1. The van der Waals surface area contributed by atoms with Crippen molar-refractivity contribution >= 4 is 54.9 Å². The highest BCUT2D eigenvalue weighted by Gasteiger charge is 2.33. The number of urea groups is 2. The van der Waals surface area contributed by atoms with Crippen LogP contribution in [-0.2, 0) is 50.6 Å². The summed E-state index contributed by atoms with van der Waals surface area (Å²) in [7, 11) is -5.13. The molecular formula is C58H79F2N9O9S2. The number of anilines is 2. The highest BCUT2D eigenvalue weighted by Crippen LogP contribution is 2.27. The number of sulfone groups is 2. The predicted octanol–water partition coefficient (Wildman–Crippen LogP) is 6.12. The molecule has 4 aliphatic rings. The van der Waals surface area contributed by atoms with E-state index < -0.39 is 43.3 Å². The van der Waals surface area contributed by atoms with E-state index in [0.717, 1.165) is 75.6 Å². The number of methoxy groups -OCH3 is 1. The van der Waals surface area contributed by atoms with E-state index in [-0.39, 0.29) is 103 Å². The standard InChI is InChI=1S/C29H40FN5O4S.C29H39FN4O5S/c1-4-34-21(2)17-32(18-22(34)3)19-23-5-9-26(10-6-23)35(29(37)33-11-13-40(38,39)14-12-33)20-25-8-7-24(15-27(25)30)28(36)16-31;1-5-33-21(2)17-31(18-22(33)3)19-23-6-10-26(11-7-23)34(29(36)32-12-14-40(37,38)15-13-32)20-25-9-8-24(16-27(25)30)28(35)39-4/h5-10,15,21-22H,4,11-14,16-20,31H2,1-3H3;6-11,16,21-22H,5,12-15,17-20H2,1-4H3/t2*21-,22+. The van der Waals surface area contributed by atoms with E-state index in [1.807, 2.05) is 48.5 Å². The van der Waals surface area contributed by atoms with Crippen LogP contribution in [-0.4, -0.2) is 196 Å². The summed E-state index contributed by atoms with van der Waals surface area (Å²) in [5.41, 5.74) is 9.52. The number of ether oxygens (including phenoxy) is 1. The summed E-state index contributed by atoms with van der Waals surface area (Å²) in [6.45, 7) is 20.9. The summed E-state index contributed by atoms with van der Waals surface area (Å²) in [6, 6.07) is 24.6. The molecule has 4 heterocycles. The lowest BCUT2D eigenvalue weighted by Crippen LogP contribution is -2.56. The summed E-state index contributed by atoms with van der Waals surface area (Å²) >= 11 is 0. The molecule has 0 unspecified atom stereocenters. The van der Waals surface area contributed by atoms with Crippen LogP contribution in [0.2, 0.25) is 0 Å². The number of ketones is 1. The van der Waals surface area contributed by atoms with Crippen molar-refractivity contribution in [1.82, 2.24) is 29.4 Å². The van der Waals surface area contributed by atoms with Crippen LogP contribution in [0.4, 0.5) is 29.7 Å². The van der Waals surface area contributed by atoms with E-state index in [1.54, 1.807) is 0 Å². The molecule has 4 aromatic carbocycles. The number of carbonyl (C=O) groups excluding carboxylic acids is 4. The van der Waals surface area contributed by atoms with Crippen molar-refractivity contribution in [2.24, 2.45) is 5.73 Å². The van der Waals surface area contributed by atoms with Crippen molar-refractivity contribution in [3.63, 3.8) is 0 Å². The number of nitrogens with zero attached hydrogens (tertiary/aromatic N) is 8. The third-order valence-electron chi connectivity index (χ3n) is 15.8. The number of nitrogens with two attached hydrogens (primary N) is 1. The van der Waals surface area contributed by atoms with Gasteiger partial charge in [-0.1, -0.05) is 56.3 Å². The molecule has 0 saturated carbocycles.